The molecule has 138 valence electrons. The van der Waals surface area contributed by atoms with Crippen LogP contribution in [0.4, 0.5) is 0 Å². The van der Waals surface area contributed by atoms with Gasteiger partial charge in [-0.25, -0.2) is 9.97 Å². The van der Waals surface area contributed by atoms with E-state index < -0.39 is 0 Å². The van der Waals surface area contributed by atoms with Gasteiger partial charge in [0.2, 0.25) is 5.91 Å². The van der Waals surface area contributed by atoms with Crippen molar-refractivity contribution in [1.29, 1.82) is 0 Å². The average molecular weight is 357 g/mol. The minimum Gasteiger partial charge on any atom is -0.496 e. The summed E-state index contributed by atoms with van der Waals surface area (Å²) in [6.45, 7) is 3.18. The third-order valence-corrected chi connectivity index (χ3v) is 4.42. The van der Waals surface area contributed by atoms with Crippen molar-refractivity contribution in [2.45, 2.75) is 25.9 Å². The van der Waals surface area contributed by atoms with Crippen molar-refractivity contribution in [2.75, 3.05) is 27.3 Å². The first-order valence-corrected chi connectivity index (χ1v) is 8.53. The Hall–Kier alpha value is -2.83. The molecule has 7 nitrogen and oxygen atoms in total. The summed E-state index contributed by atoms with van der Waals surface area (Å²) in [6.07, 6.45) is 4.12. The maximum atomic E-state index is 12.6. The minimum atomic E-state index is -0.109. The Morgan fingerprint density at radius 2 is 1.96 bits per heavy atom. The SMILES string of the molecule is COc1ccc(CC(=O)N2CCC(Oc3nccnc3OC)C2)cc1C. The van der Waals surface area contributed by atoms with Gasteiger partial charge in [0.1, 0.15) is 11.9 Å². The smallest absolute Gasteiger partial charge is 0.278 e. The molecule has 1 aliphatic heterocycles. The lowest BCUT2D eigenvalue weighted by molar-refractivity contribution is -0.129. The average Bonchev–Trinajstić information content (AvgIpc) is 3.11. The van der Waals surface area contributed by atoms with Gasteiger partial charge in [-0.3, -0.25) is 4.79 Å². The van der Waals surface area contributed by atoms with E-state index in [2.05, 4.69) is 9.97 Å². The van der Waals surface area contributed by atoms with Crippen LogP contribution in [0.15, 0.2) is 30.6 Å². The van der Waals surface area contributed by atoms with E-state index in [1.165, 1.54) is 7.11 Å². The Labute approximate surface area is 152 Å². The van der Waals surface area contributed by atoms with Crippen LogP contribution in [-0.4, -0.2) is 54.2 Å². The molecule has 1 atom stereocenters. The number of nitrogens with zero attached hydrogens (tertiary/aromatic N) is 3. The monoisotopic (exact) mass is 357 g/mol. The second-order valence-corrected chi connectivity index (χ2v) is 6.22. The third kappa shape index (κ3) is 4.04. The number of aromatic nitrogens is 2. The van der Waals surface area contributed by atoms with E-state index in [9.17, 15) is 4.79 Å². The van der Waals surface area contributed by atoms with E-state index in [-0.39, 0.29) is 12.0 Å². The predicted molar refractivity (Wildman–Crippen MR) is 95.6 cm³/mol. The van der Waals surface area contributed by atoms with Gasteiger partial charge in [-0.2, -0.15) is 0 Å². The highest BCUT2D eigenvalue weighted by Crippen LogP contribution is 2.24. The molecule has 1 aromatic carbocycles. The number of methoxy groups -OCH3 is 2. The number of carbonyl (C=O) groups excluding carboxylic acids is 1. The summed E-state index contributed by atoms with van der Waals surface area (Å²) < 4.78 is 16.3. The maximum absolute atomic E-state index is 12.6. The van der Waals surface area contributed by atoms with Gasteiger partial charge in [-0.05, 0) is 24.1 Å². The molecule has 3 rings (SSSR count). The zero-order valence-corrected chi connectivity index (χ0v) is 15.3. The molecule has 0 spiro atoms. The van der Waals surface area contributed by atoms with Crippen molar-refractivity contribution in [3.8, 4) is 17.5 Å². The lowest BCUT2D eigenvalue weighted by Crippen LogP contribution is -2.32. The van der Waals surface area contributed by atoms with Crippen molar-refractivity contribution in [2.24, 2.45) is 0 Å². The number of ether oxygens (including phenoxy) is 3. The molecule has 2 aromatic rings. The number of rotatable bonds is 6. The van der Waals surface area contributed by atoms with Crippen LogP contribution in [0.5, 0.6) is 17.5 Å². The summed E-state index contributed by atoms with van der Waals surface area (Å²) in [7, 11) is 3.17. The highest BCUT2D eigenvalue weighted by molar-refractivity contribution is 5.79. The Morgan fingerprint density at radius 1 is 1.19 bits per heavy atom. The van der Waals surface area contributed by atoms with Crippen LogP contribution < -0.4 is 14.2 Å². The van der Waals surface area contributed by atoms with Crippen LogP contribution in [0, 0.1) is 6.92 Å². The third-order valence-electron chi connectivity index (χ3n) is 4.42. The van der Waals surface area contributed by atoms with Crippen molar-refractivity contribution < 1.29 is 19.0 Å². The fourth-order valence-electron chi connectivity index (χ4n) is 3.08. The molecule has 0 N–H and O–H groups in total. The van der Waals surface area contributed by atoms with E-state index in [1.54, 1.807) is 19.5 Å². The van der Waals surface area contributed by atoms with Crippen LogP contribution in [0.25, 0.3) is 0 Å². The normalized spacial score (nSPS) is 16.4. The van der Waals surface area contributed by atoms with Gasteiger partial charge >= 0.3 is 0 Å². The van der Waals surface area contributed by atoms with Crippen LogP contribution in [0.3, 0.4) is 0 Å². The molecule has 2 heterocycles. The first-order valence-electron chi connectivity index (χ1n) is 8.53. The van der Waals surface area contributed by atoms with Gasteiger partial charge in [0.25, 0.3) is 11.8 Å². The number of hydrogen-bond acceptors (Lipinski definition) is 6. The number of likely N-dealkylation sites (tertiary alicyclic amines) is 1. The Kier molecular flexibility index (Phi) is 5.55. The van der Waals surface area contributed by atoms with Gasteiger partial charge in [-0.1, -0.05) is 12.1 Å². The largest absolute Gasteiger partial charge is 0.496 e. The topological polar surface area (TPSA) is 73.8 Å². The Bertz CT molecular complexity index is 781. The van der Waals surface area contributed by atoms with Gasteiger partial charge in [0.15, 0.2) is 0 Å². The summed E-state index contributed by atoms with van der Waals surface area (Å²) in [5.41, 5.74) is 2.00. The number of aryl methyl sites for hydroxylation is 1. The molecule has 1 unspecified atom stereocenters. The molecule has 0 bridgehead atoms. The molecule has 0 aliphatic carbocycles. The summed E-state index contributed by atoms with van der Waals surface area (Å²) in [5.74, 6) is 1.63. The lowest BCUT2D eigenvalue weighted by Gasteiger charge is -2.18. The second-order valence-electron chi connectivity index (χ2n) is 6.22. The molecule has 1 saturated heterocycles. The minimum absolute atomic E-state index is 0.0896. The predicted octanol–water partition coefficient (Wildman–Crippen LogP) is 2.02. The highest BCUT2D eigenvalue weighted by atomic mass is 16.5. The molecule has 1 aliphatic rings. The number of benzene rings is 1. The zero-order chi connectivity index (χ0) is 18.5. The molecular weight excluding hydrogens is 334 g/mol. The van der Waals surface area contributed by atoms with Gasteiger partial charge in [0.05, 0.1) is 27.2 Å². The number of hydrogen-bond donors (Lipinski definition) is 0. The standard InChI is InChI=1S/C19H23N3O4/c1-13-10-14(4-5-16(13)24-2)11-17(23)22-9-6-15(12-22)26-19-18(25-3)20-7-8-21-19/h4-5,7-8,10,15H,6,9,11-12H2,1-3H3. The summed E-state index contributed by atoms with van der Waals surface area (Å²) in [5, 5.41) is 0. The van der Waals surface area contributed by atoms with E-state index in [4.69, 9.17) is 14.2 Å². The molecule has 7 heteroatoms. The lowest BCUT2D eigenvalue weighted by atomic mass is 10.1. The first-order chi connectivity index (χ1) is 12.6. The van der Waals surface area contributed by atoms with Crippen molar-refractivity contribution >= 4 is 5.91 Å². The molecule has 0 radical (unpaired) electrons. The summed E-state index contributed by atoms with van der Waals surface area (Å²) in [4.78, 5) is 22.6. The van der Waals surface area contributed by atoms with Gasteiger partial charge < -0.3 is 19.1 Å². The fraction of sp³-hybridized carbons (Fsp3) is 0.421. The molecule has 1 fully saturated rings. The molecule has 1 aromatic heterocycles. The van der Waals surface area contributed by atoms with Crippen LogP contribution >= 0.6 is 0 Å². The van der Waals surface area contributed by atoms with Crippen molar-refractivity contribution in [3.05, 3.63) is 41.7 Å². The quantitative estimate of drug-likeness (QED) is 0.788. The summed E-state index contributed by atoms with van der Waals surface area (Å²) in [6, 6.07) is 5.82. The molecule has 0 saturated carbocycles. The van der Waals surface area contributed by atoms with Gasteiger partial charge in [-0.15, -0.1) is 0 Å². The van der Waals surface area contributed by atoms with Gasteiger partial charge in [0, 0.05) is 25.4 Å². The molecule has 1 amide bonds. The van der Waals surface area contributed by atoms with E-state index >= 15 is 0 Å². The second kappa shape index (κ2) is 8.03. The van der Waals surface area contributed by atoms with Crippen LogP contribution in [-0.2, 0) is 11.2 Å². The Morgan fingerprint density at radius 3 is 2.65 bits per heavy atom. The number of amides is 1. The van der Waals surface area contributed by atoms with Crippen LogP contribution in [0.2, 0.25) is 0 Å². The highest BCUT2D eigenvalue weighted by Gasteiger charge is 2.28. The maximum Gasteiger partial charge on any atom is 0.278 e. The van der Waals surface area contributed by atoms with Crippen molar-refractivity contribution in [1.82, 2.24) is 14.9 Å². The zero-order valence-electron chi connectivity index (χ0n) is 15.3. The molecular formula is C19H23N3O4. The first kappa shape index (κ1) is 18.0. The number of carbonyl (C=O) groups is 1. The van der Waals surface area contributed by atoms with E-state index in [0.717, 1.165) is 23.3 Å². The van der Waals surface area contributed by atoms with Crippen molar-refractivity contribution in [3.63, 3.8) is 0 Å². The fourth-order valence-corrected chi connectivity index (χ4v) is 3.08. The van der Waals surface area contributed by atoms with E-state index in [1.807, 2.05) is 30.0 Å². The Balaban J connectivity index is 1.58. The summed E-state index contributed by atoms with van der Waals surface area (Å²) >= 11 is 0. The van der Waals surface area contributed by atoms with E-state index in [0.29, 0.717) is 31.3 Å². The molecule has 26 heavy (non-hydrogen) atoms. The van der Waals surface area contributed by atoms with Crippen LogP contribution in [0.1, 0.15) is 17.5 Å².